The number of anilines is 1. The normalized spacial score (nSPS) is 10.4. The van der Waals surface area contributed by atoms with Crippen molar-refractivity contribution in [2.24, 2.45) is 0 Å². The van der Waals surface area contributed by atoms with Crippen LogP contribution in [0.25, 0.3) is 0 Å². The highest BCUT2D eigenvalue weighted by molar-refractivity contribution is 7.15. The molecule has 18 heavy (non-hydrogen) atoms. The van der Waals surface area contributed by atoms with Crippen molar-refractivity contribution in [3.05, 3.63) is 45.7 Å². The van der Waals surface area contributed by atoms with Crippen molar-refractivity contribution in [3.63, 3.8) is 0 Å². The minimum atomic E-state index is -0.525. The second-order valence-electron chi connectivity index (χ2n) is 4.10. The molecule has 0 aliphatic carbocycles. The molecule has 0 atom stereocenters. The maximum atomic E-state index is 13.5. The van der Waals surface area contributed by atoms with E-state index in [1.54, 1.807) is 6.07 Å². The minimum absolute atomic E-state index is 0.0421. The Kier molecular flexibility index (Phi) is 3.43. The monoisotopic (exact) mass is 264 g/mol. The molecule has 94 valence electrons. The van der Waals surface area contributed by atoms with E-state index in [4.69, 9.17) is 0 Å². The maximum absolute atomic E-state index is 13.5. The summed E-state index contributed by atoms with van der Waals surface area (Å²) in [5, 5.41) is 3.11. The van der Waals surface area contributed by atoms with E-state index in [0.717, 1.165) is 16.1 Å². The van der Waals surface area contributed by atoms with Crippen LogP contribution in [0, 0.1) is 26.6 Å². The smallest absolute Gasteiger partial charge is 0.260 e. The number of carbonyl (C=O) groups is 1. The van der Waals surface area contributed by atoms with Gasteiger partial charge in [-0.25, -0.2) is 9.37 Å². The van der Waals surface area contributed by atoms with Gasteiger partial charge in [-0.05, 0) is 32.9 Å². The topological polar surface area (TPSA) is 42.0 Å². The molecule has 1 heterocycles. The lowest BCUT2D eigenvalue weighted by atomic mass is 10.1. The first-order valence-corrected chi connectivity index (χ1v) is 6.30. The Morgan fingerprint density at radius 1 is 1.33 bits per heavy atom. The Labute approximate surface area is 109 Å². The molecular weight excluding hydrogens is 251 g/mol. The lowest BCUT2D eigenvalue weighted by Gasteiger charge is -2.04. The molecule has 3 nitrogen and oxygen atoms in total. The van der Waals surface area contributed by atoms with Crippen LogP contribution in [0.3, 0.4) is 0 Å². The van der Waals surface area contributed by atoms with E-state index in [1.165, 1.54) is 23.5 Å². The van der Waals surface area contributed by atoms with Gasteiger partial charge in [-0.1, -0.05) is 11.6 Å². The largest absolute Gasteiger partial charge is 0.298 e. The fourth-order valence-electron chi connectivity index (χ4n) is 1.50. The molecule has 5 heteroatoms. The van der Waals surface area contributed by atoms with Crippen molar-refractivity contribution in [2.75, 3.05) is 5.32 Å². The van der Waals surface area contributed by atoms with Gasteiger partial charge in [0, 0.05) is 4.88 Å². The van der Waals surface area contributed by atoms with Gasteiger partial charge in [-0.2, -0.15) is 0 Å². The summed E-state index contributed by atoms with van der Waals surface area (Å²) >= 11 is 1.38. The average Bonchev–Trinajstić information content (AvgIpc) is 2.61. The molecule has 1 aromatic carbocycles. The molecule has 1 amide bonds. The Morgan fingerprint density at radius 2 is 2.06 bits per heavy atom. The van der Waals surface area contributed by atoms with Crippen LogP contribution in [-0.4, -0.2) is 10.9 Å². The molecule has 0 spiro atoms. The fraction of sp³-hybridized carbons (Fsp3) is 0.231. The molecule has 0 fully saturated rings. The highest BCUT2D eigenvalue weighted by atomic mass is 32.1. The van der Waals surface area contributed by atoms with Crippen LogP contribution in [0.5, 0.6) is 0 Å². The summed E-state index contributed by atoms with van der Waals surface area (Å²) < 4.78 is 13.5. The summed E-state index contributed by atoms with van der Waals surface area (Å²) in [5.41, 5.74) is 1.76. The summed E-state index contributed by atoms with van der Waals surface area (Å²) in [6.45, 7) is 5.61. The number of hydrogen-bond acceptors (Lipinski definition) is 3. The van der Waals surface area contributed by atoms with E-state index in [1.807, 2.05) is 20.8 Å². The van der Waals surface area contributed by atoms with Gasteiger partial charge in [0.1, 0.15) is 5.82 Å². The zero-order valence-electron chi connectivity index (χ0n) is 10.4. The number of nitrogens with zero attached hydrogens (tertiary/aromatic N) is 1. The molecular formula is C13H13FN2OS. The molecule has 0 unspecified atom stereocenters. The van der Waals surface area contributed by atoms with Crippen molar-refractivity contribution >= 4 is 22.4 Å². The van der Waals surface area contributed by atoms with Crippen LogP contribution in [-0.2, 0) is 0 Å². The lowest BCUT2D eigenvalue weighted by Crippen LogP contribution is -2.13. The minimum Gasteiger partial charge on any atom is -0.298 e. The van der Waals surface area contributed by atoms with Crippen molar-refractivity contribution < 1.29 is 9.18 Å². The first-order valence-electron chi connectivity index (χ1n) is 5.49. The highest BCUT2D eigenvalue weighted by Gasteiger charge is 2.14. The van der Waals surface area contributed by atoms with Crippen molar-refractivity contribution in [2.45, 2.75) is 20.8 Å². The zero-order chi connectivity index (χ0) is 13.3. The van der Waals surface area contributed by atoms with Gasteiger partial charge in [0.05, 0.1) is 11.3 Å². The van der Waals surface area contributed by atoms with Crippen LogP contribution in [0.1, 0.15) is 26.5 Å². The van der Waals surface area contributed by atoms with E-state index < -0.39 is 11.7 Å². The number of aromatic nitrogens is 1. The van der Waals surface area contributed by atoms with Gasteiger partial charge >= 0.3 is 0 Å². The Morgan fingerprint density at radius 3 is 2.67 bits per heavy atom. The molecule has 0 bridgehead atoms. The van der Waals surface area contributed by atoms with E-state index >= 15 is 0 Å². The first-order chi connectivity index (χ1) is 8.47. The van der Waals surface area contributed by atoms with Gasteiger partial charge < -0.3 is 0 Å². The number of thiazole rings is 1. The maximum Gasteiger partial charge on any atom is 0.260 e. The molecule has 0 aliphatic rings. The second kappa shape index (κ2) is 4.86. The number of nitrogens with one attached hydrogen (secondary N) is 1. The van der Waals surface area contributed by atoms with E-state index in [9.17, 15) is 9.18 Å². The third-order valence-electron chi connectivity index (χ3n) is 2.62. The molecule has 0 saturated heterocycles. The highest BCUT2D eigenvalue weighted by Crippen LogP contribution is 2.22. The second-order valence-corrected chi connectivity index (χ2v) is 5.30. The summed E-state index contributed by atoms with van der Waals surface area (Å²) in [5.74, 6) is -0.993. The number of benzene rings is 1. The summed E-state index contributed by atoms with van der Waals surface area (Å²) in [4.78, 5) is 17.2. The van der Waals surface area contributed by atoms with Gasteiger partial charge in [0.2, 0.25) is 0 Å². The predicted octanol–water partition coefficient (Wildman–Crippen LogP) is 3.46. The Hall–Kier alpha value is -1.75. The van der Waals surface area contributed by atoms with Gasteiger partial charge in [-0.3, -0.25) is 10.1 Å². The molecule has 2 aromatic rings. The third kappa shape index (κ3) is 2.56. The molecule has 0 aliphatic heterocycles. The van der Waals surface area contributed by atoms with Gasteiger partial charge in [0.15, 0.2) is 5.13 Å². The number of hydrogen-bond donors (Lipinski definition) is 1. The zero-order valence-corrected chi connectivity index (χ0v) is 11.2. The average molecular weight is 264 g/mol. The van der Waals surface area contributed by atoms with Crippen molar-refractivity contribution in [1.29, 1.82) is 0 Å². The lowest BCUT2D eigenvalue weighted by molar-refractivity contribution is 0.102. The Balaban J connectivity index is 2.24. The molecule has 0 radical (unpaired) electrons. The summed E-state index contributed by atoms with van der Waals surface area (Å²) in [6, 6.07) is 4.45. The number of rotatable bonds is 2. The van der Waals surface area contributed by atoms with Crippen molar-refractivity contribution in [1.82, 2.24) is 4.98 Å². The molecule has 0 saturated carbocycles. The Bertz CT molecular complexity index is 588. The first kappa shape index (κ1) is 12.7. The van der Waals surface area contributed by atoms with E-state index in [-0.39, 0.29) is 5.56 Å². The number of carbonyl (C=O) groups excluding carboxylic acids is 1. The standard InChI is InChI=1S/C13H13FN2OS/c1-7-4-5-11(14)10(6-7)12(17)16-13-15-8(2)9(3)18-13/h4-6H,1-3H3,(H,15,16,17). The number of halogens is 1. The van der Waals surface area contributed by atoms with Crippen LogP contribution in [0.15, 0.2) is 18.2 Å². The van der Waals surface area contributed by atoms with Crippen LogP contribution < -0.4 is 5.32 Å². The molecule has 1 aromatic heterocycles. The van der Waals surface area contributed by atoms with Crippen LogP contribution in [0.4, 0.5) is 9.52 Å². The van der Waals surface area contributed by atoms with E-state index in [0.29, 0.717) is 5.13 Å². The summed E-state index contributed by atoms with van der Waals surface area (Å²) in [7, 11) is 0. The molecule has 1 N–H and O–H groups in total. The fourth-order valence-corrected chi connectivity index (χ4v) is 2.31. The third-order valence-corrected chi connectivity index (χ3v) is 3.60. The quantitative estimate of drug-likeness (QED) is 0.902. The van der Waals surface area contributed by atoms with Crippen LogP contribution >= 0.6 is 11.3 Å². The van der Waals surface area contributed by atoms with E-state index in [2.05, 4.69) is 10.3 Å². The molecule has 2 rings (SSSR count). The van der Waals surface area contributed by atoms with Crippen LogP contribution in [0.2, 0.25) is 0 Å². The summed E-state index contributed by atoms with van der Waals surface area (Å²) in [6.07, 6.45) is 0. The number of aryl methyl sites for hydroxylation is 3. The predicted molar refractivity (Wildman–Crippen MR) is 70.7 cm³/mol. The van der Waals surface area contributed by atoms with Gasteiger partial charge in [-0.15, -0.1) is 11.3 Å². The van der Waals surface area contributed by atoms with Crippen molar-refractivity contribution in [3.8, 4) is 0 Å². The SMILES string of the molecule is Cc1ccc(F)c(C(=O)Nc2nc(C)c(C)s2)c1. The number of amides is 1. The van der Waals surface area contributed by atoms with Gasteiger partial charge in [0.25, 0.3) is 5.91 Å².